The number of hydrogen-bond acceptors (Lipinski definition) is 3. The lowest BCUT2D eigenvalue weighted by Gasteiger charge is -2.22. The van der Waals surface area contributed by atoms with Crippen LogP contribution in [0.5, 0.6) is 0 Å². The summed E-state index contributed by atoms with van der Waals surface area (Å²) in [5.41, 5.74) is 18.1. The Bertz CT molecular complexity index is 2590. The molecule has 248 valence electrons. The molecular weight excluding hydrogens is 631 g/mol. The molecule has 9 rings (SSSR count). The molecule has 6 aromatic carbocycles. The van der Waals surface area contributed by atoms with Gasteiger partial charge in [-0.15, -0.1) is 0 Å². The summed E-state index contributed by atoms with van der Waals surface area (Å²) < 4.78 is 0. The van der Waals surface area contributed by atoms with Crippen LogP contribution < -0.4 is 0 Å². The largest absolute Gasteiger partial charge is 0.264 e. The van der Waals surface area contributed by atoms with Crippen LogP contribution >= 0.6 is 0 Å². The number of aryl methyl sites for hydroxylation is 1. The zero-order valence-corrected chi connectivity index (χ0v) is 29.5. The molecule has 0 atom stereocenters. The fourth-order valence-corrected chi connectivity index (χ4v) is 7.62. The Labute approximate surface area is 305 Å². The van der Waals surface area contributed by atoms with Gasteiger partial charge in [0.2, 0.25) is 0 Å². The molecule has 0 saturated carbocycles. The van der Waals surface area contributed by atoms with Gasteiger partial charge in [-0.2, -0.15) is 0 Å². The smallest absolute Gasteiger partial charge is 0.160 e. The van der Waals surface area contributed by atoms with E-state index < -0.39 is 0 Å². The van der Waals surface area contributed by atoms with E-state index >= 15 is 0 Å². The molecule has 0 fully saturated rings. The van der Waals surface area contributed by atoms with E-state index in [2.05, 4.69) is 171 Å². The maximum absolute atomic E-state index is 5.29. The summed E-state index contributed by atoms with van der Waals surface area (Å²) in [6.45, 7) is 6.88. The first kappa shape index (κ1) is 31.5. The summed E-state index contributed by atoms with van der Waals surface area (Å²) >= 11 is 0. The first-order valence-corrected chi connectivity index (χ1v) is 17.8. The zero-order chi connectivity index (χ0) is 35.2. The van der Waals surface area contributed by atoms with Crippen molar-refractivity contribution in [1.82, 2.24) is 15.0 Å². The Balaban J connectivity index is 1.23. The van der Waals surface area contributed by atoms with Crippen molar-refractivity contribution in [2.45, 2.75) is 26.2 Å². The average Bonchev–Trinajstić information content (AvgIpc) is 3.43. The lowest BCUT2D eigenvalue weighted by atomic mass is 9.81. The number of hydrogen-bond donors (Lipinski definition) is 0. The first-order valence-electron chi connectivity index (χ1n) is 17.8. The molecule has 0 radical (unpaired) electrons. The molecule has 52 heavy (non-hydrogen) atoms. The highest BCUT2D eigenvalue weighted by molar-refractivity contribution is 5.86. The second-order valence-electron chi connectivity index (χ2n) is 14.3. The molecule has 1 aliphatic rings. The second kappa shape index (κ2) is 12.7. The number of rotatable bonds is 6. The fraction of sp³-hybridized carbons (Fsp3) is 0.0816. The lowest BCUT2D eigenvalue weighted by molar-refractivity contribution is 0.660. The summed E-state index contributed by atoms with van der Waals surface area (Å²) in [7, 11) is 0. The van der Waals surface area contributed by atoms with E-state index in [-0.39, 0.29) is 5.41 Å². The van der Waals surface area contributed by atoms with Gasteiger partial charge in [-0.25, -0.2) is 9.97 Å². The molecular formula is C49H37N3. The number of nitrogens with zero attached hydrogens (tertiary/aromatic N) is 3. The van der Waals surface area contributed by atoms with Crippen LogP contribution in [0.1, 0.15) is 30.5 Å². The number of benzene rings is 6. The maximum Gasteiger partial charge on any atom is 0.160 e. The monoisotopic (exact) mass is 667 g/mol. The first-order chi connectivity index (χ1) is 25.4. The summed E-state index contributed by atoms with van der Waals surface area (Å²) in [5, 5.41) is 0. The average molecular weight is 668 g/mol. The van der Waals surface area contributed by atoms with Crippen LogP contribution in [0, 0.1) is 6.92 Å². The van der Waals surface area contributed by atoms with E-state index in [9.17, 15) is 0 Å². The molecule has 8 aromatic rings. The molecule has 0 N–H and O–H groups in total. The number of pyridine rings is 1. The maximum atomic E-state index is 5.29. The van der Waals surface area contributed by atoms with Crippen molar-refractivity contribution >= 4 is 0 Å². The quantitative estimate of drug-likeness (QED) is 0.177. The fourth-order valence-electron chi connectivity index (χ4n) is 7.62. The van der Waals surface area contributed by atoms with Crippen LogP contribution in [-0.2, 0) is 5.41 Å². The number of fused-ring (bicyclic) bond motifs is 3. The van der Waals surface area contributed by atoms with E-state index in [1.807, 2.05) is 18.3 Å². The van der Waals surface area contributed by atoms with Gasteiger partial charge in [0.25, 0.3) is 0 Å². The SMILES string of the molecule is Cc1ccc2c(c1)C(C)(C)c1cc(-c3cc(-c4ccccc4)cc(-c4nc(-c5ccccc5)cc(-c5cccc(-c6cccnc6)c5)n4)c3)ccc1-2. The molecule has 2 aromatic heterocycles. The molecule has 0 unspecified atom stereocenters. The van der Waals surface area contributed by atoms with Crippen molar-refractivity contribution in [3.8, 4) is 78.4 Å². The topological polar surface area (TPSA) is 38.7 Å². The Morgan fingerprint density at radius 2 is 0.962 bits per heavy atom. The Morgan fingerprint density at radius 1 is 0.404 bits per heavy atom. The molecule has 2 heterocycles. The van der Waals surface area contributed by atoms with Crippen molar-refractivity contribution in [2.75, 3.05) is 0 Å². The zero-order valence-electron chi connectivity index (χ0n) is 29.5. The Morgan fingerprint density at radius 3 is 1.69 bits per heavy atom. The van der Waals surface area contributed by atoms with Gasteiger partial charge in [0.05, 0.1) is 11.4 Å². The van der Waals surface area contributed by atoms with Gasteiger partial charge in [0.1, 0.15) is 0 Å². The third kappa shape index (κ3) is 5.71. The van der Waals surface area contributed by atoms with Crippen molar-refractivity contribution in [2.24, 2.45) is 0 Å². The van der Waals surface area contributed by atoms with Gasteiger partial charge in [-0.1, -0.05) is 135 Å². The highest BCUT2D eigenvalue weighted by atomic mass is 14.9. The van der Waals surface area contributed by atoms with E-state index in [0.29, 0.717) is 5.82 Å². The van der Waals surface area contributed by atoms with Gasteiger partial charge < -0.3 is 0 Å². The number of aromatic nitrogens is 3. The second-order valence-corrected chi connectivity index (χ2v) is 14.3. The van der Waals surface area contributed by atoms with Crippen LogP contribution in [0.3, 0.4) is 0 Å². The van der Waals surface area contributed by atoms with E-state index in [0.717, 1.165) is 55.9 Å². The molecule has 0 bridgehead atoms. The molecule has 1 aliphatic carbocycles. The predicted molar refractivity (Wildman–Crippen MR) is 215 cm³/mol. The van der Waals surface area contributed by atoms with Crippen LogP contribution in [0.15, 0.2) is 170 Å². The predicted octanol–water partition coefficient (Wildman–Crippen LogP) is 12.5. The van der Waals surface area contributed by atoms with Gasteiger partial charge >= 0.3 is 0 Å². The molecule has 3 nitrogen and oxygen atoms in total. The summed E-state index contributed by atoms with van der Waals surface area (Å²) in [5.74, 6) is 0.687. The standard InChI is InChI=1S/C49H37N3/c1-32-19-21-42-43-22-20-36(29-45(43)49(2,3)44(42)24-32)40-26-39(33-12-6-4-7-13-33)27-41(28-40)48-51-46(34-14-8-5-9-15-34)30-47(52-48)37-17-10-16-35(25-37)38-18-11-23-50-31-38/h4-31H,1-3H3. The van der Waals surface area contributed by atoms with Crippen molar-refractivity contribution in [3.63, 3.8) is 0 Å². The van der Waals surface area contributed by atoms with Crippen LogP contribution in [0.2, 0.25) is 0 Å². The lowest BCUT2D eigenvalue weighted by Crippen LogP contribution is -2.15. The van der Waals surface area contributed by atoms with E-state index in [1.165, 1.54) is 33.4 Å². The van der Waals surface area contributed by atoms with Crippen LogP contribution in [-0.4, -0.2) is 15.0 Å². The molecule has 3 heteroatoms. The summed E-state index contributed by atoms with van der Waals surface area (Å²) in [6, 6.07) is 56.3. The minimum atomic E-state index is -0.0983. The third-order valence-corrected chi connectivity index (χ3v) is 10.4. The third-order valence-electron chi connectivity index (χ3n) is 10.4. The van der Waals surface area contributed by atoms with Gasteiger partial charge in [0, 0.05) is 40.1 Å². The van der Waals surface area contributed by atoms with E-state index in [4.69, 9.17) is 9.97 Å². The Kier molecular flexibility index (Phi) is 7.70. The highest BCUT2D eigenvalue weighted by Gasteiger charge is 2.35. The molecule has 0 amide bonds. The normalized spacial score (nSPS) is 12.7. The molecule has 0 spiro atoms. The van der Waals surface area contributed by atoms with Crippen molar-refractivity contribution in [3.05, 3.63) is 187 Å². The van der Waals surface area contributed by atoms with Crippen molar-refractivity contribution in [1.29, 1.82) is 0 Å². The van der Waals surface area contributed by atoms with Crippen LogP contribution in [0.4, 0.5) is 0 Å². The van der Waals surface area contributed by atoms with Crippen molar-refractivity contribution < 1.29 is 0 Å². The van der Waals surface area contributed by atoms with Gasteiger partial charge in [-0.05, 0) is 99.5 Å². The minimum Gasteiger partial charge on any atom is -0.264 e. The van der Waals surface area contributed by atoms with Crippen LogP contribution in [0.25, 0.3) is 78.4 Å². The minimum absolute atomic E-state index is 0.0983. The van der Waals surface area contributed by atoms with Gasteiger partial charge in [0.15, 0.2) is 5.82 Å². The summed E-state index contributed by atoms with van der Waals surface area (Å²) in [4.78, 5) is 14.9. The highest BCUT2D eigenvalue weighted by Crippen LogP contribution is 2.50. The Hall–Kier alpha value is -6.45. The van der Waals surface area contributed by atoms with Gasteiger partial charge in [-0.3, -0.25) is 4.98 Å². The molecule has 0 aliphatic heterocycles. The summed E-state index contributed by atoms with van der Waals surface area (Å²) in [6.07, 6.45) is 3.70. The van der Waals surface area contributed by atoms with E-state index in [1.54, 1.807) is 6.20 Å². The molecule has 0 saturated heterocycles.